The number of fused-ring (bicyclic) bond motifs is 5. The molecule has 1 N–H and O–H groups in total. The molecular formula is C17H23NO2. The third-order valence-electron chi connectivity index (χ3n) is 5.75. The maximum absolute atomic E-state index is 5.50. The van der Waals surface area contributed by atoms with Gasteiger partial charge in [0.05, 0.1) is 14.2 Å². The minimum atomic E-state index is 0.761. The Balaban J connectivity index is 1.43. The highest BCUT2D eigenvalue weighted by atomic mass is 16.5. The van der Waals surface area contributed by atoms with Crippen molar-refractivity contribution in [3.8, 4) is 11.5 Å². The summed E-state index contributed by atoms with van der Waals surface area (Å²) >= 11 is 0. The first-order valence-corrected chi connectivity index (χ1v) is 7.76. The standard InChI is InChI=1S/C17H23NO2/c1-19-13-5-3-4-12(17(13)20-2)9-18-16-14-10-6-7-11(8-10)15(14)16/h3-5,10-11,14-16,18H,6-9H2,1-2H3. The number of rotatable bonds is 5. The molecule has 3 nitrogen and oxygen atoms in total. The molecule has 0 aliphatic heterocycles. The van der Waals surface area contributed by atoms with Crippen LogP contribution in [0.3, 0.4) is 0 Å². The Bertz CT molecular complexity index is 500. The molecule has 1 aromatic rings. The molecule has 3 heteroatoms. The topological polar surface area (TPSA) is 30.5 Å². The second-order valence-corrected chi connectivity index (χ2v) is 6.55. The van der Waals surface area contributed by atoms with E-state index >= 15 is 0 Å². The molecule has 20 heavy (non-hydrogen) atoms. The fourth-order valence-electron chi connectivity index (χ4n) is 4.92. The summed E-state index contributed by atoms with van der Waals surface area (Å²) in [7, 11) is 3.41. The van der Waals surface area contributed by atoms with Gasteiger partial charge < -0.3 is 14.8 Å². The molecule has 0 saturated heterocycles. The van der Waals surface area contributed by atoms with Gasteiger partial charge in [0.2, 0.25) is 0 Å². The van der Waals surface area contributed by atoms with Crippen molar-refractivity contribution in [3.05, 3.63) is 23.8 Å². The van der Waals surface area contributed by atoms with Gasteiger partial charge in [-0.2, -0.15) is 0 Å². The summed E-state index contributed by atoms with van der Waals surface area (Å²) in [5.74, 6) is 5.69. The van der Waals surface area contributed by atoms with Crippen LogP contribution in [0, 0.1) is 23.7 Å². The van der Waals surface area contributed by atoms with Crippen molar-refractivity contribution in [2.75, 3.05) is 14.2 Å². The molecule has 108 valence electrons. The van der Waals surface area contributed by atoms with Gasteiger partial charge >= 0.3 is 0 Å². The minimum absolute atomic E-state index is 0.761. The molecule has 0 aromatic heterocycles. The van der Waals surface area contributed by atoms with Crippen molar-refractivity contribution < 1.29 is 9.47 Å². The fraction of sp³-hybridized carbons (Fsp3) is 0.647. The van der Waals surface area contributed by atoms with Gasteiger partial charge in [-0.1, -0.05) is 12.1 Å². The van der Waals surface area contributed by atoms with E-state index < -0.39 is 0 Å². The number of hydrogen-bond donors (Lipinski definition) is 1. The van der Waals surface area contributed by atoms with Crippen molar-refractivity contribution in [2.45, 2.75) is 31.8 Å². The fourth-order valence-corrected chi connectivity index (χ4v) is 4.92. The normalized spacial score (nSPS) is 36.8. The summed E-state index contributed by atoms with van der Waals surface area (Å²) in [6.07, 6.45) is 4.47. The lowest BCUT2D eigenvalue weighted by Gasteiger charge is -2.14. The zero-order chi connectivity index (χ0) is 13.7. The monoisotopic (exact) mass is 273 g/mol. The molecule has 4 unspecified atom stereocenters. The quantitative estimate of drug-likeness (QED) is 0.895. The van der Waals surface area contributed by atoms with E-state index in [1.807, 2.05) is 12.1 Å². The van der Waals surface area contributed by atoms with E-state index in [1.165, 1.54) is 24.8 Å². The van der Waals surface area contributed by atoms with Gasteiger partial charge in [0, 0.05) is 18.2 Å². The van der Waals surface area contributed by atoms with Crippen molar-refractivity contribution in [3.63, 3.8) is 0 Å². The smallest absolute Gasteiger partial charge is 0.165 e. The van der Waals surface area contributed by atoms with E-state index in [9.17, 15) is 0 Å². The summed E-state index contributed by atoms with van der Waals surface area (Å²) in [6, 6.07) is 6.88. The summed E-state index contributed by atoms with van der Waals surface area (Å²) < 4.78 is 10.9. The van der Waals surface area contributed by atoms with E-state index in [0.717, 1.165) is 47.8 Å². The summed E-state index contributed by atoms with van der Waals surface area (Å²) in [4.78, 5) is 0. The highest BCUT2D eigenvalue weighted by Gasteiger charge is 2.64. The number of hydrogen-bond acceptors (Lipinski definition) is 3. The third-order valence-corrected chi connectivity index (χ3v) is 5.75. The van der Waals surface area contributed by atoms with Crippen LogP contribution in [0.4, 0.5) is 0 Å². The van der Waals surface area contributed by atoms with Crippen LogP contribution >= 0.6 is 0 Å². The Hall–Kier alpha value is -1.22. The zero-order valence-electron chi connectivity index (χ0n) is 12.3. The van der Waals surface area contributed by atoms with E-state index in [-0.39, 0.29) is 0 Å². The third kappa shape index (κ3) is 1.76. The van der Waals surface area contributed by atoms with E-state index in [2.05, 4.69) is 11.4 Å². The second-order valence-electron chi connectivity index (χ2n) is 6.55. The molecule has 0 heterocycles. The van der Waals surface area contributed by atoms with Crippen LogP contribution in [0.2, 0.25) is 0 Å². The molecule has 3 aliphatic rings. The van der Waals surface area contributed by atoms with Gasteiger partial charge in [-0.25, -0.2) is 0 Å². The first-order valence-electron chi connectivity index (χ1n) is 7.76. The van der Waals surface area contributed by atoms with Crippen LogP contribution in [-0.4, -0.2) is 20.3 Å². The van der Waals surface area contributed by atoms with E-state index in [0.29, 0.717) is 0 Å². The molecule has 4 rings (SSSR count). The average molecular weight is 273 g/mol. The summed E-state index contributed by atoms with van der Waals surface area (Å²) in [5.41, 5.74) is 1.20. The van der Waals surface area contributed by atoms with Crippen molar-refractivity contribution in [1.29, 1.82) is 0 Å². The Labute approximate surface area is 120 Å². The van der Waals surface area contributed by atoms with Crippen LogP contribution in [-0.2, 0) is 6.54 Å². The molecule has 0 spiro atoms. The number of benzene rings is 1. The molecule has 3 fully saturated rings. The van der Waals surface area contributed by atoms with Crippen LogP contribution in [0.1, 0.15) is 24.8 Å². The van der Waals surface area contributed by atoms with Crippen LogP contribution in [0.5, 0.6) is 11.5 Å². The Morgan fingerprint density at radius 3 is 2.50 bits per heavy atom. The summed E-state index contributed by atoms with van der Waals surface area (Å²) in [6.45, 7) is 0.886. The lowest BCUT2D eigenvalue weighted by Crippen LogP contribution is -2.22. The van der Waals surface area contributed by atoms with Gasteiger partial charge in [0.1, 0.15) is 0 Å². The average Bonchev–Trinajstić information content (AvgIpc) is 2.87. The van der Waals surface area contributed by atoms with Crippen LogP contribution in [0.15, 0.2) is 18.2 Å². The van der Waals surface area contributed by atoms with Gasteiger partial charge in [0.25, 0.3) is 0 Å². The molecule has 3 saturated carbocycles. The SMILES string of the molecule is COc1cccc(CNC2C3C4CCC(C4)C23)c1OC. The zero-order valence-corrected chi connectivity index (χ0v) is 12.3. The van der Waals surface area contributed by atoms with Gasteiger partial charge in [-0.15, -0.1) is 0 Å². The maximum atomic E-state index is 5.50. The van der Waals surface area contributed by atoms with Crippen LogP contribution in [0.25, 0.3) is 0 Å². The number of ether oxygens (including phenoxy) is 2. The highest BCUT2D eigenvalue weighted by molar-refractivity contribution is 5.46. The Kier molecular flexibility index (Phi) is 2.92. The molecule has 4 atom stereocenters. The first-order chi connectivity index (χ1) is 9.83. The largest absolute Gasteiger partial charge is 0.493 e. The molecular weight excluding hydrogens is 250 g/mol. The Morgan fingerprint density at radius 1 is 1.10 bits per heavy atom. The predicted molar refractivity (Wildman–Crippen MR) is 78.0 cm³/mol. The summed E-state index contributed by atoms with van der Waals surface area (Å²) in [5, 5.41) is 3.77. The van der Waals surface area contributed by atoms with E-state index in [4.69, 9.17) is 9.47 Å². The van der Waals surface area contributed by atoms with Gasteiger partial charge in [-0.3, -0.25) is 0 Å². The predicted octanol–water partition coefficient (Wildman–Crippen LogP) is 2.84. The number of nitrogens with one attached hydrogen (secondary N) is 1. The molecule has 2 bridgehead atoms. The molecule has 0 amide bonds. The van der Waals surface area contributed by atoms with Gasteiger partial charge in [-0.05, 0) is 49.0 Å². The lowest BCUT2D eigenvalue weighted by atomic mass is 10.0. The van der Waals surface area contributed by atoms with E-state index in [1.54, 1.807) is 14.2 Å². The molecule has 1 aromatic carbocycles. The second kappa shape index (κ2) is 4.66. The van der Waals surface area contributed by atoms with Gasteiger partial charge in [0.15, 0.2) is 11.5 Å². The van der Waals surface area contributed by atoms with Crippen LogP contribution < -0.4 is 14.8 Å². The van der Waals surface area contributed by atoms with Crippen molar-refractivity contribution >= 4 is 0 Å². The first kappa shape index (κ1) is 12.5. The number of methoxy groups -OCH3 is 2. The molecule has 0 radical (unpaired) electrons. The maximum Gasteiger partial charge on any atom is 0.165 e. The van der Waals surface area contributed by atoms with Crippen molar-refractivity contribution in [2.24, 2.45) is 23.7 Å². The number of para-hydroxylation sites is 1. The highest BCUT2D eigenvalue weighted by Crippen LogP contribution is 2.65. The molecule has 3 aliphatic carbocycles. The minimum Gasteiger partial charge on any atom is -0.493 e. The Morgan fingerprint density at radius 2 is 1.85 bits per heavy atom. The van der Waals surface area contributed by atoms with Crippen molar-refractivity contribution in [1.82, 2.24) is 5.32 Å². The lowest BCUT2D eigenvalue weighted by molar-refractivity contribution is 0.350.